The second-order valence-electron chi connectivity index (χ2n) is 9.05. The Kier molecular flexibility index (Phi) is 5.59. The van der Waals surface area contributed by atoms with E-state index in [9.17, 15) is 0 Å². The number of nitrogens with one attached hydrogen (secondary N) is 1. The third-order valence-corrected chi connectivity index (χ3v) is 5.13. The van der Waals surface area contributed by atoms with Crippen LogP contribution in [0.2, 0.25) is 0 Å². The van der Waals surface area contributed by atoms with Crippen LogP contribution in [0.25, 0.3) is 0 Å². The summed E-state index contributed by atoms with van der Waals surface area (Å²) in [7, 11) is 0. The van der Waals surface area contributed by atoms with Gasteiger partial charge in [0.25, 0.3) is 0 Å². The average Bonchev–Trinajstić information content (AvgIpc) is 2.78. The minimum atomic E-state index is 0.234. The van der Waals surface area contributed by atoms with E-state index in [4.69, 9.17) is 0 Å². The van der Waals surface area contributed by atoms with Gasteiger partial charge in [-0.2, -0.15) is 0 Å². The second-order valence-corrected chi connectivity index (χ2v) is 9.05. The van der Waals surface area contributed by atoms with E-state index < -0.39 is 0 Å². The molecule has 0 radical (unpaired) electrons. The van der Waals surface area contributed by atoms with Gasteiger partial charge in [0.15, 0.2) is 0 Å². The molecule has 0 unspecified atom stereocenters. The van der Waals surface area contributed by atoms with E-state index in [2.05, 4.69) is 74.6 Å². The quantitative estimate of drug-likeness (QED) is 0.720. The molecule has 0 saturated heterocycles. The molecule has 0 amide bonds. The van der Waals surface area contributed by atoms with E-state index in [1.807, 2.05) is 12.3 Å². The number of nitrogens with zero attached hydrogens (tertiary/aromatic N) is 2. The molecule has 0 atom stereocenters. The first-order valence-electron chi connectivity index (χ1n) is 9.97. The van der Waals surface area contributed by atoms with E-state index in [0.29, 0.717) is 0 Å². The molecule has 144 valence electrons. The van der Waals surface area contributed by atoms with Crippen molar-refractivity contribution in [3.63, 3.8) is 0 Å². The highest BCUT2D eigenvalue weighted by atomic mass is 15.1. The molecule has 27 heavy (non-hydrogen) atoms. The second kappa shape index (κ2) is 7.75. The van der Waals surface area contributed by atoms with Gasteiger partial charge < -0.3 is 10.2 Å². The number of fused-ring (bicyclic) bond motifs is 1. The molecule has 0 spiro atoms. The highest BCUT2D eigenvalue weighted by Gasteiger charge is 2.18. The van der Waals surface area contributed by atoms with E-state index in [0.717, 1.165) is 31.6 Å². The Balaban J connectivity index is 1.81. The van der Waals surface area contributed by atoms with E-state index in [-0.39, 0.29) is 5.41 Å². The zero-order valence-electron chi connectivity index (χ0n) is 17.5. The summed E-state index contributed by atoms with van der Waals surface area (Å²) in [4.78, 5) is 7.09. The molecule has 1 aliphatic heterocycles. The fourth-order valence-corrected chi connectivity index (χ4v) is 3.96. The minimum Gasteiger partial charge on any atom is -0.366 e. The molecule has 2 aromatic rings. The topological polar surface area (TPSA) is 28.2 Å². The smallest absolute Gasteiger partial charge is 0.0628 e. The third kappa shape index (κ3) is 4.91. The van der Waals surface area contributed by atoms with E-state index >= 15 is 0 Å². The highest BCUT2D eigenvalue weighted by molar-refractivity contribution is 5.67. The van der Waals surface area contributed by atoms with Crippen molar-refractivity contribution in [3.8, 4) is 0 Å². The van der Waals surface area contributed by atoms with Crippen molar-refractivity contribution in [2.24, 2.45) is 5.41 Å². The van der Waals surface area contributed by atoms with Crippen molar-refractivity contribution in [1.82, 2.24) is 4.98 Å². The lowest BCUT2D eigenvalue weighted by molar-refractivity contribution is 0.411. The van der Waals surface area contributed by atoms with Gasteiger partial charge in [-0.15, -0.1) is 0 Å². The van der Waals surface area contributed by atoms with E-state index in [1.54, 1.807) is 0 Å². The van der Waals surface area contributed by atoms with Gasteiger partial charge in [0.1, 0.15) is 0 Å². The molecule has 0 saturated carbocycles. The molecule has 0 bridgehead atoms. The van der Waals surface area contributed by atoms with Crippen molar-refractivity contribution in [2.45, 2.75) is 60.4 Å². The summed E-state index contributed by atoms with van der Waals surface area (Å²) in [5, 5.41) is 3.57. The minimum absolute atomic E-state index is 0.234. The van der Waals surface area contributed by atoms with Gasteiger partial charge in [-0.3, -0.25) is 4.98 Å². The maximum Gasteiger partial charge on any atom is 0.0628 e. The lowest BCUT2D eigenvalue weighted by Gasteiger charge is -2.26. The first-order valence-corrected chi connectivity index (χ1v) is 9.97. The van der Waals surface area contributed by atoms with Crippen molar-refractivity contribution in [3.05, 3.63) is 65.1 Å². The fourth-order valence-electron chi connectivity index (χ4n) is 3.96. The Morgan fingerprint density at radius 2 is 1.93 bits per heavy atom. The Labute approximate surface area is 164 Å². The maximum absolute atomic E-state index is 4.63. The normalized spacial score (nSPS) is 14.5. The summed E-state index contributed by atoms with van der Waals surface area (Å²) >= 11 is 0. The van der Waals surface area contributed by atoms with Gasteiger partial charge in [-0.05, 0) is 73.4 Å². The summed E-state index contributed by atoms with van der Waals surface area (Å²) < 4.78 is 0. The van der Waals surface area contributed by atoms with Crippen molar-refractivity contribution < 1.29 is 0 Å². The van der Waals surface area contributed by atoms with Crippen LogP contribution < -0.4 is 10.2 Å². The standard InChI is InChI=1S/C24H33N3/c1-17-13-21(14-18(2)23(17)26-19(3)15-24(4,5)6)27-12-8-10-20-9-7-11-25-22(20)16-27/h7,9,11,13-14,26H,3,8,10,12,15-16H2,1-2,4-6H3. The number of benzene rings is 1. The molecule has 1 aromatic heterocycles. The molecular formula is C24H33N3. The third-order valence-electron chi connectivity index (χ3n) is 5.13. The molecule has 3 rings (SSSR count). The number of rotatable bonds is 4. The van der Waals surface area contributed by atoms with Crippen LogP contribution >= 0.6 is 0 Å². The largest absolute Gasteiger partial charge is 0.366 e. The van der Waals surface area contributed by atoms with Gasteiger partial charge in [0.2, 0.25) is 0 Å². The van der Waals surface area contributed by atoms with Gasteiger partial charge in [0.05, 0.1) is 12.2 Å². The van der Waals surface area contributed by atoms with Gasteiger partial charge >= 0.3 is 0 Å². The summed E-state index contributed by atoms with van der Waals surface area (Å²) in [6, 6.07) is 8.87. The summed E-state index contributed by atoms with van der Waals surface area (Å²) in [5.41, 5.74) is 8.94. The number of allylic oxidation sites excluding steroid dienone is 1. The first-order chi connectivity index (χ1) is 12.7. The van der Waals surface area contributed by atoms with Crippen LogP contribution in [0.1, 0.15) is 56.0 Å². The lowest BCUT2D eigenvalue weighted by Crippen LogP contribution is -2.23. The predicted molar refractivity (Wildman–Crippen MR) is 116 cm³/mol. The molecule has 3 nitrogen and oxygen atoms in total. The maximum atomic E-state index is 4.63. The summed E-state index contributed by atoms with van der Waals surface area (Å²) in [6.07, 6.45) is 5.15. The van der Waals surface area contributed by atoms with Crippen molar-refractivity contribution in [1.29, 1.82) is 0 Å². The fraction of sp³-hybridized carbons (Fsp3) is 0.458. The number of aromatic nitrogens is 1. The number of anilines is 2. The molecule has 1 aliphatic rings. The van der Waals surface area contributed by atoms with Crippen LogP contribution in [0, 0.1) is 19.3 Å². The molecule has 1 N–H and O–H groups in total. The highest BCUT2D eigenvalue weighted by Crippen LogP contribution is 2.32. The Hall–Kier alpha value is -2.29. The van der Waals surface area contributed by atoms with E-state index in [1.165, 1.54) is 40.2 Å². The van der Waals surface area contributed by atoms with Gasteiger partial charge in [-0.1, -0.05) is 33.4 Å². The monoisotopic (exact) mass is 363 g/mol. The number of hydrogen-bond donors (Lipinski definition) is 1. The SMILES string of the molecule is C=C(CC(C)(C)C)Nc1c(C)cc(N2CCCc3cccnc3C2)cc1C. The first kappa shape index (κ1) is 19.5. The number of aryl methyl sites for hydroxylation is 3. The predicted octanol–water partition coefficient (Wildman–Crippen LogP) is 6.01. The molecule has 2 heterocycles. The average molecular weight is 364 g/mol. The van der Waals surface area contributed by atoms with Crippen LogP contribution in [-0.2, 0) is 13.0 Å². The zero-order valence-corrected chi connectivity index (χ0v) is 17.5. The summed E-state index contributed by atoms with van der Waals surface area (Å²) in [6.45, 7) is 17.3. The molecule has 1 aromatic carbocycles. The van der Waals surface area contributed by atoms with Crippen LogP contribution in [0.3, 0.4) is 0 Å². The van der Waals surface area contributed by atoms with Gasteiger partial charge in [-0.25, -0.2) is 0 Å². The zero-order chi connectivity index (χ0) is 19.6. The van der Waals surface area contributed by atoms with Crippen LogP contribution in [0.5, 0.6) is 0 Å². The van der Waals surface area contributed by atoms with Crippen LogP contribution in [0.4, 0.5) is 11.4 Å². The van der Waals surface area contributed by atoms with Crippen molar-refractivity contribution in [2.75, 3.05) is 16.8 Å². The molecule has 0 fully saturated rings. The molecule has 0 aliphatic carbocycles. The van der Waals surface area contributed by atoms with Gasteiger partial charge in [0, 0.05) is 29.8 Å². The molecule has 3 heteroatoms. The Morgan fingerprint density at radius 1 is 1.22 bits per heavy atom. The van der Waals surface area contributed by atoms with Crippen molar-refractivity contribution >= 4 is 11.4 Å². The number of hydrogen-bond acceptors (Lipinski definition) is 3. The van der Waals surface area contributed by atoms with Crippen LogP contribution in [0.15, 0.2) is 42.7 Å². The Morgan fingerprint density at radius 3 is 2.59 bits per heavy atom. The molecular weight excluding hydrogens is 330 g/mol. The lowest BCUT2D eigenvalue weighted by atomic mass is 9.90. The summed E-state index contributed by atoms with van der Waals surface area (Å²) in [5.74, 6) is 0. The Bertz CT molecular complexity index is 807. The van der Waals surface area contributed by atoms with Crippen LogP contribution in [-0.4, -0.2) is 11.5 Å². The number of pyridine rings is 1.